The highest BCUT2D eigenvalue weighted by atomic mass is 32.2. The second-order valence-electron chi connectivity index (χ2n) is 4.26. The van der Waals surface area contributed by atoms with Crippen LogP contribution in [0, 0.1) is 0 Å². The molecule has 0 spiro atoms. The van der Waals surface area contributed by atoms with Gasteiger partial charge in [0.1, 0.15) is 5.75 Å². The second kappa shape index (κ2) is 5.59. The molecule has 0 fully saturated rings. The van der Waals surface area contributed by atoms with Crippen LogP contribution in [0.4, 0.5) is 0 Å². The number of hydrogen-bond acceptors (Lipinski definition) is 6. The summed E-state index contributed by atoms with van der Waals surface area (Å²) in [6.07, 6.45) is 1.12. The van der Waals surface area contributed by atoms with Gasteiger partial charge in [-0.05, 0) is 24.3 Å². The van der Waals surface area contributed by atoms with Crippen LogP contribution in [0.1, 0.15) is 5.89 Å². The molecule has 0 amide bonds. The van der Waals surface area contributed by atoms with Crippen molar-refractivity contribution in [1.82, 2.24) is 14.4 Å². The number of hydrogen-bond donors (Lipinski definition) is 0. The van der Waals surface area contributed by atoms with E-state index in [0.29, 0.717) is 5.82 Å². The Morgan fingerprint density at radius 2 is 1.95 bits per heavy atom. The highest BCUT2D eigenvalue weighted by molar-refractivity contribution is 7.88. The average molecular weight is 297 g/mol. The van der Waals surface area contributed by atoms with E-state index in [2.05, 4.69) is 10.1 Å². The van der Waals surface area contributed by atoms with Crippen molar-refractivity contribution < 1.29 is 17.7 Å². The van der Waals surface area contributed by atoms with E-state index in [0.717, 1.165) is 21.9 Å². The monoisotopic (exact) mass is 297 g/mol. The Bertz CT molecular complexity index is 679. The lowest BCUT2D eigenvalue weighted by molar-refractivity contribution is 0.337. The fourth-order valence-electron chi connectivity index (χ4n) is 1.48. The number of ether oxygens (including phenoxy) is 1. The summed E-state index contributed by atoms with van der Waals surface area (Å²) in [6.45, 7) is 0.0436. The number of nitrogens with zero attached hydrogens (tertiary/aromatic N) is 3. The molecule has 0 aliphatic rings. The van der Waals surface area contributed by atoms with Crippen molar-refractivity contribution in [1.29, 1.82) is 0 Å². The zero-order valence-corrected chi connectivity index (χ0v) is 12.2. The number of methoxy groups -OCH3 is 1. The molecule has 2 aromatic rings. The molecular weight excluding hydrogens is 282 g/mol. The molecule has 0 radical (unpaired) electrons. The molecule has 2 rings (SSSR count). The summed E-state index contributed by atoms with van der Waals surface area (Å²) in [5, 5.41) is 3.83. The van der Waals surface area contributed by atoms with Gasteiger partial charge in [0.05, 0.1) is 19.9 Å². The Balaban J connectivity index is 2.16. The zero-order valence-electron chi connectivity index (χ0n) is 11.4. The quantitative estimate of drug-likeness (QED) is 0.822. The number of rotatable bonds is 5. The largest absolute Gasteiger partial charge is 0.497 e. The summed E-state index contributed by atoms with van der Waals surface area (Å²) in [5.41, 5.74) is 0.766. The molecule has 1 heterocycles. The molecule has 7 nitrogen and oxygen atoms in total. The Hall–Kier alpha value is -1.93. The van der Waals surface area contributed by atoms with E-state index in [1.807, 2.05) is 0 Å². The number of sulfonamides is 1. The third-order valence-electron chi connectivity index (χ3n) is 2.74. The topological polar surface area (TPSA) is 85.5 Å². The molecule has 0 aliphatic heterocycles. The zero-order chi connectivity index (χ0) is 14.8. The van der Waals surface area contributed by atoms with Gasteiger partial charge in [-0.3, -0.25) is 0 Å². The first-order valence-corrected chi connectivity index (χ1v) is 7.63. The van der Waals surface area contributed by atoms with Crippen LogP contribution in [0.25, 0.3) is 11.4 Å². The van der Waals surface area contributed by atoms with Gasteiger partial charge in [-0.2, -0.15) is 9.29 Å². The van der Waals surface area contributed by atoms with Gasteiger partial charge >= 0.3 is 0 Å². The fraction of sp³-hybridized carbons (Fsp3) is 0.333. The van der Waals surface area contributed by atoms with Gasteiger partial charge in [-0.15, -0.1) is 0 Å². The molecule has 108 valence electrons. The minimum Gasteiger partial charge on any atom is -0.497 e. The van der Waals surface area contributed by atoms with Crippen molar-refractivity contribution in [2.45, 2.75) is 6.54 Å². The minimum absolute atomic E-state index is 0.0436. The molecule has 0 saturated heterocycles. The lowest BCUT2D eigenvalue weighted by atomic mass is 10.2. The summed E-state index contributed by atoms with van der Waals surface area (Å²) >= 11 is 0. The Morgan fingerprint density at radius 3 is 2.50 bits per heavy atom. The third-order valence-corrected chi connectivity index (χ3v) is 4.00. The Kier molecular flexibility index (Phi) is 4.05. The fourth-order valence-corrected chi connectivity index (χ4v) is 1.83. The summed E-state index contributed by atoms with van der Waals surface area (Å²) in [7, 11) is -0.240. The second-order valence-corrected chi connectivity index (χ2v) is 6.35. The van der Waals surface area contributed by atoms with Crippen molar-refractivity contribution >= 4 is 10.0 Å². The van der Waals surface area contributed by atoms with Crippen molar-refractivity contribution in [3.05, 3.63) is 30.2 Å². The van der Waals surface area contributed by atoms with Crippen LogP contribution in [0.15, 0.2) is 28.8 Å². The molecule has 0 bridgehead atoms. The van der Waals surface area contributed by atoms with Crippen LogP contribution < -0.4 is 4.74 Å². The Labute approximate surface area is 117 Å². The molecule has 8 heteroatoms. The lowest BCUT2D eigenvalue weighted by Gasteiger charge is -2.09. The van der Waals surface area contributed by atoms with E-state index in [9.17, 15) is 8.42 Å². The first-order chi connectivity index (χ1) is 9.40. The van der Waals surface area contributed by atoms with Crippen LogP contribution in [0.3, 0.4) is 0 Å². The average Bonchev–Trinajstić information content (AvgIpc) is 2.86. The first kappa shape index (κ1) is 14.5. The van der Waals surface area contributed by atoms with E-state index in [1.165, 1.54) is 7.05 Å². The molecule has 1 aromatic carbocycles. The van der Waals surface area contributed by atoms with Gasteiger partial charge < -0.3 is 9.26 Å². The van der Waals surface area contributed by atoms with E-state index < -0.39 is 10.0 Å². The van der Waals surface area contributed by atoms with Crippen molar-refractivity contribution in [2.75, 3.05) is 20.4 Å². The third kappa shape index (κ3) is 3.34. The van der Waals surface area contributed by atoms with Crippen molar-refractivity contribution in [3.63, 3.8) is 0 Å². The van der Waals surface area contributed by atoms with Crippen molar-refractivity contribution in [2.24, 2.45) is 0 Å². The van der Waals surface area contributed by atoms with Crippen LogP contribution in [-0.2, 0) is 16.6 Å². The summed E-state index contributed by atoms with van der Waals surface area (Å²) in [5.74, 6) is 1.38. The van der Waals surface area contributed by atoms with E-state index in [4.69, 9.17) is 9.26 Å². The standard InChI is InChI=1S/C12H15N3O4S/c1-15(20(3,16)17)8-11-13-12(14-19-11)9-4-6-10(18-2)7-5-9/h4-7H,8H2,1-3H3. The van der Waals surface area contributed by atoms with Gasteiger partial charge in [-0.1, -0.05) is 5.16 Å². The van der Waals surface area contributed by atoms with Crippen LogP contribution >= 0.6 is 0 Å². The molecule has 1 aromatic heterocycles. The first-order valence-electron chi connectivity index (χ1n) is 5.78. The molecule has 20 heavy (non-hydrogen) atoms. The van der Waals surface area contributed by atoms with Crippen molar-refractivity contribution in [3.8, 4) is 17.1 Å². The van der Waals surface area contributed by atoms with Gasteiger partial charge in [0.2, 0.25) is 21.7 Å². The molecule has 0 N–H and O–H groups in total. The summed E-state index contributed by atoms with van der Waals surface area (Å²) < 4.78 is 33.9. The summed E-state index contributed by atoms with van der Waals surface area (Å²) in [6, 6.07) is 7.17. The maximum absolute atomic E-state index is 11.3. The minimum atomic E-state index is -3.28. The van der Waals surface area contributed by atoms with Crippen LogP contribution in [-0.4, -0.2) is 43.3 Å². The highest BCUT2D eigenvalue weighted by Crippen LogP contribution is 2.20. The van der Waals surface area contributed by atoms with Gasteiger partial charge in [-0.25, -0.2) is 8.42 Å². The van der Waals surface area contributed by atoms with Gasteiger partial charge in [0.25, 0.3) is 0 Å². The van der Waals surface area contributed by atoms with Crippen LogP contribution in [0.2, 0.25) is 0 Å². The predicted molar refractivity (Wildman–Crippen MR) is 72.6 cm³/mol. The lowest BCUT2D eigenvalue weighted by Crippen LogP contribution is -2.25. The Morgan fingerprint density at radius 1 is 1.30 bits per heavy atom. The summed E-state index contributed by atoms with van der Waals surface area (Å²) in [4.78, 5) is 4.16. The SMILES string of the molecule is COc1ccc(-c2noc(CN(C)S(C)(=O)=O)n2)cc1. The van der Waals surface area contributed by atoms with E-state index in [1.54, 1.807) is 31.4 Å². The smallest absolute Gasteiger partial charge is 0.242 e. The number of benzene rings is 1. The normalized spacial score (nSPS) is 11.8. The highest BCUT2D eigenvalue weighted by Gasteiger charge is 2.16. The molecule has 0 saturated carbocycles. The number of aromatic nitrogens is 2. The molecular formula is C12H15N3O4S. The maximum atomic E-state index is 11.3. The van der Waals surface area contributed by atoms with Gasteiger partial charge in [0, 0.05) is 12.6 Å². The molecule has 0 unspecified atom stereocenters. The molecule has 0 atom stereocenters. The van der Waals surface area contributed by atoms with Crippen LogP contribution in [0.5, 0.6) is 5.75 Å². The van der Waals surface area contributed by atoms with E-state index >= 15 is 0 Å². The molecule has 0 aliphatic carbocycles. The maximum Gasteiger partial charge on any atom is 0.242 e. The predicted octanol–water partition coefficient (Wildman–Crippen LogP) is 1.14. The van der Waals surface area contributed by atoms with Gasteiger partial charge in [0.15, 0.2) is 0 Å². The van der Waals surface area contributed by atoms with E-state index in [-0.39, 0.29) is 12.4 Å².